The van der Waals surface area contributed by atoms with Gasteiger partial charge in [-0.2, -0.15) is 0 Å². The van der Waals surface area contributed by atoms with Gasteiger partial charge in [0.2, 0.25) is 0 Å². The number of aromatic nitrogens is 1. The number of carbonyl (C=O) groups is 1. The Kier molecular flexibility index (Phi) is 4.24. The van der Waals surface area contributed by atoms with Gasteiger partial charge in [-0.1, -0.05) is 6.07 Å². The first-order valence-electron chi connectivity index (χ1n) is 4.95. The van der Waals surface area contributed by atoms with Crippen molar-refractivity contribution < 1.29 is 9.90 Å². The van der Waals surface area contributed by atoms with Crippen molar-refractivity contribution in [2.75, 3.05) is 0 Å². The minimum atomic E-state index is -0.785. The summed E-state index contributed by atoms with van der Waals surface area (Å²) < 4.78 is 0. The molecular formula is C11H16N2O2. The fraction of sp³-hybridized carbons (Fsp3) is 0.455. The first kappa shape index (κ1) is 11.7. The van der Waals surface area contributed by atoms with Crippen molar-refractivity contribution in [2.45, 2.75) is 32.9 Å². The van der Waals surface area contributed by atoms with Crippen LogP contribution in [-0.4, -0.2) is 22.1 Å². The predicted molar refractivity (Wildman–Crippen MR) is 57.5 cm³/mol. The fourth-order valence-corrected chi connectivity index (χ4v) is 1.31. The van der Waals surface area contributed by atoms with Crippen LogP contribution in [0.15, 0.2) is 18.2 Å². The molecule has 0 aromatic carbocycles. The summed E-state index contributed by atoms with van der Waals surface area (Å²) in [7, 11) is 0. The number of hydrogen-bond acceptors (Lipinski definition) is 3. The van der Waals surface area contributed by atoms with Crippen molar-refractivity contribution in [3.05, 3.63) is 29.6 Å². The molecule has 0 aliphatic heterocycles. The van der Waals surface area contributed by atoms with Crippen molar-refractivity contribution in [2.24, 2.45) is 0 Å². The summed E-state index contributed by atoms with van der Waals surface area (Å²) in [6, 6.07) is 5.77. The van der Waals surface area contributed by atoms with Crippen LogP contribution >= 0.6 is 0 Å². The van der Waals surface area contributed by atoms with E-state index in [9.17, 15) is 4.79 Å². The van der Waals surface area contributed by atoms with Crippen LogP contribution in [-0.2, 0) is 11.3 Å². The Morgan fingerprint density at radius 2 is 2.33 bits per heavy atom. The van der Waals surface area contributed by atoms with E-state index in [1.54, 1.807) is 0 Å². The first-order valence-corrected chi connectivity index (χ1v) is 4.95. The summed E-state index contributed by atoms with van der Waals surface area (Å²) in [5, 5.41) is 11.7. The fourth-order valence-electron chi connectivity index (χ4n) is 1.31. The Morgan fingerprint density at radius 3 is 2.93 bits per heavy atom. The Labute approximate surface area is 89.3 Å². The average Bonchev–Trinajstić information content (AvgIpc) is 2.14. The third-order valence-electron chi connectivity index (χ3n) is 2.06. The van der Waals surface area contributed by atoms with Gasteiger partial charge >= 0.3 is 5.97 Å². The summed E-state index contributed by atoms with van der Waals surface area (Å²) in [4.78, 5) is 14.7. The van der Waals surface area contributed by atoms with Gasteiger partial charge in [-0.15, -0.1) is 0 Å². The molecule has 0 bridgehead atoms. The van der Waals surface area contributed by atoms with Gasteiger partial charge in [-0.25, -0.2) is 0 Å². The summed E-state index contributed by atoms with van der Waals surface area (Å²) in [6.07, 6.45) is 0.131. The van der Waals surface area contributed by atoms with Crippen LogP contribution in [0.4, 0.5) is 0 Å². The quantitative estimate of drug-likeness (QED) is 0.766. The van der Waals surface area contributed by atoms with Crippen LogP contribution in [0.1, 0.15) is 24.7 Å². The molecule has 0 fully saturated rings. The van der Waals surface area contributed by atoms with Gasteiger partial charge in [0.05, 0.1) is 12.1 Å². The number of rotatable bonds is 5. The molecule has 0 radical (unpaired) electrons. The Morgan fingerprint density at radius 1 is 1.60 bits per heavy atom. The number of aryl methyl sites for hydroxylation is 1. The third kappa shape index (κ3) is 4.56. The van der Waals surface area contributed by atoms with Crippen molar-refractivity contribution in [1.82, 2.24) is 10.3 Å². The van der Waals surface area contributed by atoms with E-state index in [4.69, 9.17) is 5.11 Å². The summed E-state index contributed by atoms with van der Waals surface area (Å²) >= 11 is 0. The highest BCUT2D eigenvalue weighted by atomic mass is 16.4. The zero-order chi connectivity index (χ0) is 11.3. The Bertz CT molecular complexity index is 339. The maximum atomic E-state index is 10.4. The number of carboxylic acids is 1. The van der Waals surface area contributed by atoms with Crippen LogP contribution in [0.5, 0.6) is 0 Å². The smallest absolute Gasteiger partial charge is 0.304 e. The lowest BCUT2D eigenvalue weighted by Crippen LogP contribution is -2.28. The van der Waals surface area contributed by atoms with Gasteiger partial charge in [0.25, 0.3) is 0 Å². The summed E-state index contributed by atoms with van der Waals surface area (Å²) in [6.45, 7) is 4.39. The van der Waals surface area contributed by atoms with Gasteiger partial charge in [0.15, 0.2) is 0 Å². The van der Waals surface area contributed by atoms with E-state index in [-0.39, 0.29) is 12.5 Å². The SMILES string of the molecule is Cc1cccc(CNC(C)CC(=O)O)n1. The lowest BCUT2D eigenvalue weighted by molar-refractivity contribution is -0.137. The highest BCUT2D eigenvalue weighted by Gasteiger charge is 2.06. The second-order valence-electron chi connectivity index (χ2n) is 3.65. The summed E-state index contributed by atoms with van der Waals surface area (Å²) in [5.41, 5.74) is 1.91. The molecule has 0 spiro atoms. The van der Waals surface area contributed by atoms with Gasteiger partial charge in [-0.3, -0.25) is 9.78 Å². The zero-order valence-corrected chi connectivity index (χ0v) is 9.03. The maximum absolute atomic E-state index is 10.4. The van der Waals surface area contributed by atoms with Crippen molar-refractivity contribution in [3.8, 4) is 0 Å². The number of carboxylic acid groups (broad SMARTS) is 1. The van der Waals surface area contributed by atoms with Crippen molar-refractivity contribution >= 4 is 5.97 Å². The van der Waals surface area contributed by atoms with Gasteiger partial charge in [0, 0.05) is 18.3 Å². The molecule has 1 unspecified atom stereocenters. The van der Waals surface area contributed by atoms with Crippen LogP contribution in [0.2, 0.25) is 0 Å². The molecule has 1 heterocycles. The number of nitrogens with zero attached hydrogens (tertiary/aromatic N) is 1. The van der Waals surface area contributed by atoms with Crippen LogP contribution in [0, 0.1) is 6.92 Å². The molecule has 0 saturated carbocycles. The van der Waals surface area contributed by atoms with Crippen molar-refractivity contribution in [1.29, 1.82) is 0 Å². The van der Waals surface area contributed by atoms with E-state index in [1.165, 1.54) is 0 Å². The molecule has 0 amide bonds. The highest BCUT2D eigenvalue weighted by Crippen LogP contribution is 1.99. The molecule has 1 atom stereocenters. The van der Waals surface area contributed by atoms with E-state index in [1.807, 2.05) is 32.0 Å². The van der Waals surface area contributed by atoms with E-state index in [0.29, 0.717) is 6.54 Å². The second-order valence-corrected chi connectivity index (χ2v) is 3.65. The molecule has 1 rings (SSSR count). The maximum Gasteiger partial charge on any atom is 0.304 e. The number of aliphatic carboxylic acids is 1. The monoisotopic (exact) mass is 208 g/mol. The summed E-state index contributed by atoms with van der Waals surface area (Å²) in [5.74, 6) is -0.785. The second kappa shape index (κ2) is 5.46. The molecule has 0 aliphatic carbocycles. The molecule has 82 valence electrons. The number of pyridine rings is 1. The lowest BCUT2D eigenvalue weighted by Gasteiger charge is -2.10. The van der Waals surface area contributed by atoms with E-state index >= 15 is 0 Å². The van der Waals surface area contributed by atoms with Crippen LogP contribution in [0.25, 0.3) is 0 Å². The molecular weight excluding hydrogens is 192 g/mol. The first-order chi connectivity index (χ1) is 7.08. The lowest BCUT2D eigenvalue weighted by atomic mass is 10.2. The minimum Gasteiger partial charge on any atom is -0.481 e. The van der Waals surface area contributed by atoms with E-state index in [2.05, 4.69) is 10.3 Å². The largest absolute Gasteiger partial charge is 0.481 e. The molecule has 4 heteroatoms. The highest BCUT2D eigenvalue weighted by molar-refractivity contribution is 5.67. The predicted octanol–water partition coefficient (Wildman–Crippen LogP) is 1.34. The van der Waals surface area contributed by atoms with Gasteiger partial charge in [0.1, 0.15) is 0 Å². The van der Waals surface area contributed by atoms with Gasteiger partial charge < -0.3 is 10.4 Å². The molecule has 1 aromatic rings. The molecule has 0 aliphatic rings. The average molecular weight is 208 g/mol. The topological polar surface area (TPSA) is 62.2 Å². The Hall–Kier alpha value is -1.42. The standard InChI is InChI=1S/C11H16N2O2/c1-8-4-3-5-10(13-8)7-12-9(2)6-11(14)15/h3-5,9,12H,6-7H2,1-2H3,(H,14,15). The number of nitrogens with one attached hydrogen (secondary N) is 1. The molecule has 2 N–H and O–H groups in total. The number of hydrogen-bond donors (Lipinski definition) is 2. The van der Waals surface area contributed by atoms with Crippen molar-refractivity contribution in [3.63, 3.8) is 0 Å². The molecule has 0 saturated heterocycles. The zero-order valence-electron chi connectivity index (χ0n) is 9.03. The van der Waals surface area contributed by atoms with Crippen LogP contribution in [0.3, 0.4) is 0 Å². The van der Waals surface area contributed by atoms with E-state index < -0.39 is 5.97 Å². The Balaban J connectivity index is 2.40. The normalized spacial score (nSPS) is 12.4. The molecule has 15 heavy (non-hydrogen) atoms. The third-order valence-corrected chi connectivity index (χ3v) is 2.06. The molecule has 4 nitrogen and oxygen atoms in total. The minimum absolute atomic E-state index is 0.0372. The van der Waals surface area contributed by atoms with Crippen LogP contribution < -0.4 is 5.32 Å². The van der Waals surface area contributed by atoms with Gasteiger partial charge in [-0.05, 0) is 26.0 Å². The molecule has 1 aromatic heterocycles. The van der Waals surface area contributed by atoms with E-state index in [0.717, 1.165) is 11.4 Å².